The first-order chi connectivity index (χ1) is 11.2. The number of esters is 1. The number of carbonyl (C=O) groups excluding carboxylic acids is 1. The van der Waals surface area contributed by atoms with E-state index in [9.17, 15) is 4.79 Å². The molecule has 2 aromatic carbocycles. The van der Waals surface area contributed by atoms with Crippen LogP contribution in [-0.2, 0) is 16.1 Å². The summed E-state index contributed by atoms with van der Waals surface area (Å²) in [5.74, 6) is 1.14. The summed E-state index contributed by atoms with van der Waals surface area (Å²) in [6.45, 7) is 2.02. The molecule has 23 heavy (non-hydrogen) atoms. The molecule has 1 unspecified atom stereocenters. The smallest absolute Gasteiger partial charge is 0.325 e. The molecule has 0 radical (unpaired) electrons. The van der Waals surface area contributed by atoms with Crippen LogP contribution >= 0.6 is 0 Å². The lowest BCUT2D eigenvalue weighted by molar-refractivity contribution is -0.141. The van der Waals surface area contributed by atoms with E-state index in [1.807, 2.05) is 66.1 Å². The molecule has 0 aliphatic carbocycles. The maximum absolute atomic E-state index is 11.7. The average molecular weight is 310 g/mol. The van der Waals surface area contributed by atoms with Gasteiger partial charge < -0.3 is 14.0 Å². The van der Waals surface area contributed by atoms with E-state index in [4.69, 9.17) is 9.47 Å². The number of hydrogen-bond acceptors (Lipinski definition) is 4. The molecule has 1 atom stereocenters. The molecule has 0 saturated carbocycles. The summed E-state index contributed by atoms with van der Waals surface area (Å²) in [5.41, 5.74) is 1.71. The molecule has 1 aromatic heterocycles. The van der Waals surface area contributed by atoms with Gasteiger partial charge in [-0.1, -0.05) is 30.3 Å². The van der Waals surface area contributed by atoms with Crippen LogP contribution in [0.3, 0.4) is 0 Å². The van der Waals surface area contributed by atoms with E-state index < -0.39 is 0 Å². The second-order valence-corrected chi connectivity index (χ2v) is 5.19. The molecule has 0 aliphatic rings. The van der Waals surface area contributed by atoms with Gasteiger partial charge >= 0.3 is 5.97 Å². The Bertz CT molecular complexity index is 812. The van der Waals surface area contributed by atoms with Gasteiger partial charge in [-0.25, -0.2) is 4.98 Å². The Kier molecular flexibility index (Phi) is 4.28. The van der Waals surface area contributed by atoms with Crippen LogP contribution < -0.4 is 4.74 Å². The van der Waals surface area contributed by atoms with Crippen LogP contribution in [-0.4, -0.2) is 22.6 Å². The number of carbonyl (C=O) groups is 1. The topological polar surface area (TPSA) is 53.4 Å². The third-order valence-electron chi connectivity index (χ3n) is 3.62. The molecule has 1 heterocycles. The zero-order valence-corrected chi connectivity index (χ0v) is 13.1. The van der Waals surface area contributed by atoms with Gasteiger partial charge in [0.1, 0.15) is 12.3 Å². The largest absolute Gasteiger partial charge is 0.483 e. The van der Waals surface area contributed by atoms with Gasteiger partial charge in [-0.2, -0.15) is 0 Å². The number of methoxy groups -OCH3 is 1. The molecular weight excluding hydrogens is 292 g/mol. The van der Waals surface area contributed by atoms with Crippen LogP contribution in [0, 0.1) is 0 Å². The lowest BCUT2D eigenvalue weighted by Crippen LogP contribution is -2.17. The van der Waals surface area contributed by atoms with Crippen molar-refractivity contribution in [2.75, 3.05) is 7.11 Å². The minimum Gasteiger partial charge on any atom is -0.483 e. The standard InChI is InChI=1S/C18H18N2O3/c1-13(23-14-8-4-3-5-9-14)18-19-15-10-6-7-11-16(15)20(18)12-17(21)22-2/h3-11,13H,12H2,1-2H3. The molecule has 3 aromatic rings. The Morgan fingerprint density at radius 1 is 1.13 bits per heavy atom. The lowest BCUT2D eigenvalue weighted by atomic mass is 10.3. The summed E-state index contributed by atoms with van der Waals surface area (Å²) >= 11 is 0. The van der Waals surface area contributed by atoms with Crippen molar-refractivity contribution >= 4 is 17.0 Å². The van der Waals surface area contributed by atoms with Gasteiger partial charge in [-0.3, -0.25) is 4.79 Å². The van der Waals surface area contributed by atoms with Gasteiger partial charge in [0.05, 0.1) is 18.1 Å². The average Bonchev–Trinajstić information content (AvgIpc) is 2.94. The Hall–Kier alpha value is -2.82. The van der Waals surface area contributed by atoms with Crippen molar-refractivity contribution in [2.45, 2.75) is 19.6 Å². The van der Waals surface area contributed by atoms with Crippen LogP contribution in [0.5, 0.6) is 5.75 Å². The third kappa shape index (κ3) is 3.18. The minimum atomic E-state index is -0.318. The Morgan fingerprint density at radius 3 is 2.57 bits per heavy atom. The monoisotopic (exact) mass is 310 g/mol. The molecule has 0 saturated heterocycles. The zero-order valence-electron chi connectivity index (χ0n) is 13.1. The van der Waals surface area contributed by atoms with Crippen LogP contribution in [0.25, 0.3) is 11.0 Å². The second-order valence-electron chi connectivity index (χ2n) is 5.19. The fourth-order valence-corrected chi connectivity index (χ4v) is 2.52. The van der Waals surface area contributed by atoms with E-state index >= 15 is 0 Å². The molecule has 0 bridgehead atoms. The van der Waals surface area contributed by atoms with E-state index in [1.165, 1.54) is 7.11 Å². The molecule has 0 N–H and O–H groups in total. The van der Waals surface area contributed by atoms with Gasteiger partial charge in [0.15, 0.2) is 11.9 Å². The predicted octanol–water partition coefficient (Wildman–Crippen LogP) is 3.35. The molecule has 0 fully saturated rings. The van der Waals surface area contributed by atoms with Crippen molar-refractivity contribution in [2.24, 2.45) is 0 Å². The molecule has 0 aliphatic heterocycles. The van der Waals surface area contributed by atoms with Gasteiger partial charge in [0.2, 0.25) is 0 Å². The van der Waals surface area contributed by atoms with Crippen molar-refractivity contribution in [1.29, 1.82) is 0 Å². The van der Waals surface area contributed by atoms with Gasteiger partial charge in [-0.15, -0.1) is 0 Å². The number of hydrogen-bond donors (Lipinski definition) is 0. The van der Waals surface area contributed by atoms with Crippen molar-refractivity contribution in [3.63, 3.8) is 0 Å². The Balaban J connectivity index is 1.98. The minimum absolute atomic E-state index is 0.106. The molecule has 0 spiro atoms. The van der Waals surface area contributed by atoms with Crippen molar-refractivity contribution in [1.82, 2.24) is 9.55 Å². The van der Waals surface area contributed by atoms with E-state index in [0.717, 1.165) is 16.8 Å². The summed E-state index contributed by atoms with van der Waals surface area (Å²) in [5, 5.41) is 0. The highest BCUT2D eigenvalue weighted by molar-refractivity contribution is 5.79. The first kappa shape index (κ1) is 15.1. The van der Waals surface area contributed by atoms with Crippen LogP contribution in [0.4, 0.5) is 0 Å². The first-order valence-corrected chi connectivity index (χ1v) is 7.42. The van der Waals surface area contributed by atoms with Crippen LogP contribution in [0.2, 0.25) is 0 Å². The Morgan fingerprint density at radius 2 is 1.83 bits per heavy atom. The van der Waals surface area contributed by atoms with E-state index in [-0.39, 0.29) is 18.6 Å². The quantitative estimate of drug-likeness (QED) is 0.678. The van der Waals surface area contributed by atoms with E-state index in [2.05, 4.69) is 4.98 Å². The normalized spacial score (nSPS) is 12.1. The van der Waals surface area contributed by atoms with Crippen LogP contribution in [0.1, 0.15) is 18.9 Å². The SMILES string of the molecule is COC(=O)Cn1c(C(C)Oc2ccccc2)nc2ccccc21. The molecular formula is C18H18N2O3. The predicted molar refractivity (Wildman–Crippen MR) is 87.2 cm³/mol. The summed E-state index contributed by atoms with van der Waals surface area (Å²) < 4.78 is 12.6. The number of ether oxygens (including phenoxy) is 2. The summed E-state index contributed by atoms with van der Waals surface area (Å²) in [7, 11) is 1.38. The van der Waals surface area contributed by atoms with Crippen molar-refractivity contribution < 1.29 is 14.3 Å². The molecule has 118 valence electrons. The number of para-hydroxylation sites is 3. The lowest BCUT2D eigenvalue weighted by Gasteiger charge is -2.16. The van der Waals surface area contributed by atoms with Crippen molar-refractivity contribution in [3.05, 3.63) is 60.4 Å². The number of imidazole rings is 1. The van der Waals surface area contributed by atoms with Crippen LogP contribution in [0.15, 0.2) is 54.6 Å². The fraction of sp³-hybridized carbons (Fsp3) is 0.222. The number of fused-ring (bicyclic) bond motifs is 1. The zero-order chi connectivity index (χ0) is 16.2. The van der Waals surface area contributed by atoms with Gasteiger partial charge in [0, 0.05) is 0 Å². The highest BCUT2D eigenvalue weighted by Crippen LogP contribution is 2.25. The van der Waals surface area contributed by atoms with E-state index in [1.54, 1.807) is 0 Å². The summed E-state index contributed by atoms with van der Waals surface area (Å²) in [4.78, 5) is 16.4. The number of rotatable bonds is 5. The van der Waals surface area contributed by atoms with Crippen molar-refractivity contribution in [3.8, 4) is 5.75 Å². The van der Waals surface area contributed by atoms with Gasteiger partial charge in [-0.05, 0) is 31.2 Å². The number of aromatic nitrogens is 2. The highest BCUT2D eigenvalue weighted by Gasteiger charge is 2.19. The van der Waals surface area contributed by atoms with E-state index in [0.29, 0.717) is 5.82 Å². The third-order valence-corrected chi connectivity index (χ3v) is 3.62. The Labute approximate surface area is 134 Å². The number of benzene rings is 2. The molecule has 5 heteroatoms. The maximum atomic E-state index is 11.7. The molecule has 5 nitrogen and oxygen atoms in total. The number of nitrogens with zero attached hydrogens (tertiary/aromatic N) is 2. The summed E-state index contributed by atoms with van der Waals surface area (Å²) in [6.07, 6.45) is -0.297. The molecule has 0 amide bonds. The molecule has 3 rings (SSSR count). The second kappa shape index (κ2) is 6.52. The maximum Gasteiger partial charge on any atom is 0.325 e. The highest BCUT2D eigenvalue weighted by atomic mass is 16.5. The first-order valence-electron chi connectivity index (χ1n) is 7.42. The van der Waals surface area contributed by atoms with Gasteiger partial charge in [0.25, 0.3) is 0 Å². The fourth-order valence-electron chi connectivity index (χ4n) is 2.52. The summed E-state index contributed by atoms with van der Waals surface area (Å²) in [6, 6.07) is 17.2.